The number of hydrogen-bond acceptors (Lipinski definition) is 9. The number of rotatable bonds is 4. The molecule has 2 aromatic heterocycles. The Hall–Kier alpha value is -3.45. The third-order valence-electron chi connectivity index (χ3n) is 4.81. The molecule has 15 heteroatoms. The van der Waals surface area contributed by atoms with Crippen molar-refractivity contribution in [2.75, 3.05) is 11.5 Å². The van der Waals surface area contributed by atoms with Gasteiger partial charge in [-0.2, -0.15) is 16.3 Å². The number of halogens is 3. The lowest BCUT2D eigenvalue weighted by Gasteiger charge is -2.12. The fourth-order valence-corrected chi connectivity index (χ4v) is 4.44. The topological polar surface area (TPSA) is 189 Å². The summed E-state index contributed by atoms with van der Waals surface area (Å²) in [6, 6.07) is 3.20. The van der Waals surface area contributed by atoms with Gasteiger partial charge in [-0.05, 0) is 17.5 Å². The Bertz CT molecular complexity index is 1410. The number of aliphatic imine (C=N–C) groups is 1. The van der Waals surface area contributed by atoms with E-state index in [2.05, 4.69) is 20.3 Å². The first-order valence-electron chi connectivity index (χ1n) is 9.59. The molecular formula is C20H14Cl3N7O4S. The summed E-state index contributed by atoms with van der Waals surface area (Å²) in [4.78, 5) is 48.7. The number of benzene rings is 1. The number of anilines is 2. The Morgan fingerprint density at radius 2 is 1.89 bits per heavy atom. The zero-order valence-electron chi connectivity index (χ0n) is 17.3. The van der Waals surface area contributed by atoms with Crippen molar-refractivity contribution in [3.05, 3.63) is 60.5 Å². The van der Waals surface area contributed by atoms with E-state index in [4.69, 9.17) is 56.7 Å². The molecule has 2 amide bonds. The molecule has 1 aliphatic heterocycles. The quantitative estimate of drug-likeness (QED) is 0.213. The first-order valence-corrected chi connectivity index (χ1v) is 11.7. The van der Waals surface area contributed by atoms with Crippen LogP contribution in [0, 0.1) is 0 Å². The van der Waals surface area contributed by atoms with Gasteiger partial charge in [0.15, 0.2) is 34.4 Å². The number of nitrogens with zero attached hydrogens (tertiary/aromatic N) is 3. The van der Waals surface area contributed by atoms with Crippen molar-refractivity contribution in [3.63, 3.8) is 0 Å². The summed E-state index contributed by atoms with van der Waals surface area (Å²) >= 11 is 19.7. The largest absolute Gasteiger partial charge is 0.478 e. The van der Waals surface area contributed by atoms with Crippen molar-refractivity contribution in [3.8, 4) is 5.75 Å². The third kappa shape index (κ3) is 4.86. The number of nitrogens with one attached hydrogen (secondary N) is 1. The van der Waals surface area contributed by atoms with Gasteiger partial charge >= 0.3 is 5.91 Å². The summed E-state index contributed by atoms with van der Waals surface area (Å²) in [5.74, 6) is -2.89. The molecule has 1 aromatic carbocycles. The predicted octanol–water partition coefficient (Wildman–Crippen LogP) is 2.47. The van der Waals surface area contributed by atoms with Crippen LogP contribution in [0.3, 0.4) is 0 Å². The first kappa shape index (κ1) is 24.7. The van der Waals surface area contributed by atoms with E-state index in [-0.39, 0.29) is 50.4 Å². The maximum atomic E-state index is 12.8. The molecule has 0 spiro atoms. The maximum absolute atomic E-state index is 12.8. The first-order chi connectivity index (χ1) is 16.6. The molecule has 1 atom stereocenters. The standard InChI is InChI=1S/C20H14Cl3N7O4S/c21-10-8(13(31)6-1-2-35-5-6)3-7-4-9(34-14(7)11(10)22)18(32)29-20(26)30-19(33)12-16(24)28-17(25)15(23)27-12/h1-3,5,9H,4H2,(H4,24,25,28)(H3,26,29,30,32,33). The van der Waals surface area contributed by atoms with E-state index in [1.807, 2.05) is 0 Å². The second-order valence-corrected chi connectivity index (χ2v) is 9.01. The fraction of sp³-hybridized carbons (Fsp3) is 0.100. The molecule has 0 aliphatic carbocycles. The van der Waals surface area contributed by atoms with Gasteiger partial charge in [-0.15, -0.1) is 0 Å². The van der Waals surface area contributed by atoms with Gasteiger partial charge in [0, 0.05) is 28.5 Å². The molecule has 0 saturated carbocycles. The van der Waals surface area contributed by atoms with Crippen molar-refractivity contribution in [2.24, 2.45) is 10.7 Å². The van der Waals surface area contributed by atoms with Crippen LogP contribution in [-0.4, -0.2) is 39.6 Å². The lowest BCUT2D eigenvalue weighted by Crippen LogP contribution is -2.44. The Balaban J connectivity index is 1.49. The molecule has 1 aliphatic rings. The average molecular weight is 555 g/mol. The fourth-order valence-electron chi connectivity index (χ4n) is 3.18. The lowest BCUT2D eigenvalue weighted by atomic mass is 10.0. The highest BCUT2D eigenvalue weighted by molar-refractivity contribution is 7.08. The summed E-state index contributed by atoms with van der Waals surface area (Å²) in [7, 11) is 0. The van der Waals surface area contributed by atoms with E-state index < -0.39 is 29.6 Å². The van der Waals surface area contributed by atoms with Gasteiger partial charge in [0.05, 0.1) is 5.02 Å². The van der Waals surface area contributed by atoms with E-state index in [1.165, 1.54) is 17.4 Å². The van der Waals surface area contributed by atoms with E-state index in [0.717, 1.165) is 0 Å². The van der Waals surface area contributed by atoms with Gasteiger partial charge < -0.3 is 21.9 Å². The van der Waals surface area contributed by atoms with Crippen LogP contribution in [0.15, 0.2) is 27.9 Å². The van der Waals surface area contributed by atoms with Gasteiger partial charge in [-0.3, -0.25) is 19.7 Å². The number of carbonyl (C=O) groups excluding carboxylic acids is 3. The Labute approximate surface area is 216 Å². The molecule has 0 saturated heterocycles. The molecule has 11 nitrogen and oxygen atoms in total. The number of hydrogen-bond donors (Lipinski definition) is 4. The van der Waals surface area contributed by atoms with Crippen LogP contribution in [-0.2, 0) is 11.2 Å². The molecule has 180 valence electrons. The normalized spacial score (nSPS) is 14.8. The second-order valence-electron chi connectivity index (χ2n) is 7.12. The molecule has 0 fully saturated rings. The minimum atomic E-state index is -1.08. The molecule has 3 heterocycles. The van der Waals surface area contributed by atoms with E-state index >= 15 is 0 Å². The molecule has 0 bridgehead atoms. The molecule has 4 rings (SSSR count). The number of fused-ring (bicyclic) bond motifs is 1. The number of carbonyl (C=O) groups is 3. The minimum Gasteiger partial charge on any atom is -0.478 e. The summed E-state index contributed by atoms with van der Waals surface area (Å²) in [6.45, 7) is 0. The van der Waals surface area contributed by atoms with Crippen molar-refractivity contribution in [2.45, 2.75) is 12.5 Å². The summed E-state index contributed by atoms with van der Waals surface area (Å²) < 4.78 is 5.64. The molecule has 35 heavy (non-hydrogen) atoms. The number of ether oxygens (including phenoxy) is 1. The second kappa shape index (κ2) is 9.66. The van der Waals surface area contributed by atoms with Crippen molar-refractivity contribution >= 4 is 81.3 Å². The van der Waals surface area contributed by atoms with Crippen LogP contribution in [0.5, 0.6) is 5.75 Å². The minimum absolute atomic E-state index is 0.00384. The number of ketones is 1. The Morgan fingerprint density at radius 3 is 2.57 bits per heavy atom. The highest BCUT2D eigenvalue weighted by Crippen LogP contribution is 2.43. The monoisotopic (exact) mass is 553 g/mol. The van der Waals surface area contributed by atoms with Crippen LogP contribution in [0.1, 0.15) is 32.0 Å². The molecule has 0 radical (unpaired) electrons. The van der Waals surface area contributed by atoms with Crippen molar-refractivity contribution in [1.29, 1.82) is 0 Å². The molecule has 3 aromatic rings. The van der Waals surface area contributed by atoms with Crippen LogP contribution in [0.4, 0.5) is 11.6 Å². The van der Waals surface area contributed by atoms with Crippen LogP contribution < -0.4 is 27.3 Å². The number of nitrogen functional groups attached to an aromatic ring is 2. The van der Waals surface area contributed by atoms with Crippen LogP contribution in [0.2, 0.25) is 15.2 Å². The van der Waals surface area contributed by atoms with Gasteiger partial charge in [-0.25, -0.2) is 9.97 Å². The highest BCUT2D eigenvalue weighted by Gasteiger charge is 2.34. The predicted molar refractivity (Wildman–Crippen MR) is 132 cm³/mol. The average Bonchev–Trinajstić information content (AvgIpc) is 3.48. The Morgan fingerprint density at radius 1 is 1.14 bits per heavy atom. The number of nitrogens with two attached hydrogens (primary N) is 3. The molecule has 7 N–H and O–H groups in total. The third-order valence-corrected chi connectivity index (χ3v) is 6.62. The lowest BCUT2D eigenvalue weighted by molar-refractivity contribution is -0.125. The van der Waals surface area contributed by atoms with Gasteiger partial charge in [0.1, 0.15) is 10.8 Å². The smallest absolute Gasteiger partial charge is 0.302 e. The van der Waals surface area contributed by atoms with Gasteiger partial charge in [0.25, 0.3) is 5.91 Å². The summed E-state index contributed by atoms with van der Waals surface area (Å²) in [5.41, 5.74) is 17.5. The van der Waals surface area contributed by atoms with Crippen LogP contribution in [0.25, 0.3) is 0 Å². The van der Waals surface area contributed by atoms with Crippen molar-refractivity contribution < 1.29 is 19.1 Å². The van der Waals surface area contributed by atoms with Gasteiger partial charge in [0.2, 0.25) is 5.96 Å². The van der Waals surface area contributed by atoms with Crippen molar-refractivity contribution in [1.82, 2.24) is 15.3 Å². The number of amides is 2. The van der Waals surface area contributed by atoms with E-state index in [1.54, 1.807) is 16.8 Å². The number of guanidine groups is 1. The van der Waals surface area contributed by atoms with Gasteiger partial charge in [-0.1, -0.05) is 34.8 Å². The zero-order valence-corrected chi connectivity index (χ0v) is 20.4. The number of thiophene rings is 1. The highest BCUT2D eigenvalue weighted by atomic mass is 35.5. The maximum Gasteiger partial charge on any atom is 0.302 e. The van der Waals surface area contributed by atoms with E-state index in [0.29, 0.717) is 11.1 Å². The zero-order chi connectivity index (χ0) is 25.4. The molecular weight excluding hydrogens is 541 g/mol. The summed E-state index contributed by atoms with van der Waals surface area (Å²) in [5, 5.41) is 5.47. The summed E-state index contributed by atoms with van der Waals surface area (Å²) in [6.07, 6.45) is -1.01. The van der Waals surface area contributed by atoms with E-state index in [9.17, 15) is 14.4 Å². The Kier molecular flexibility index (Phi) is 6.81. The molecule has 1 unspecified atom stereocenters. The SMILES string of the molecule is NC(=NC(=O)c1nc(Cl)c(N)nc1N)NC(=O)C1Cc2cc(C(=O)c3ccsc3)c(Cl)c(Cl)c2O1. The number of aromatic nitrogens is 2. The van der Waals surface area contributed by atoms with Crippen LogP contribution >= 0.6 is 46.1 Å².